The zero-order chi connectivity index (χ0) is 24.4. The SMILES string of the molecule is NC(=O)c1cnc(Nc2ccc3c(c2)CCN(C(=O)O)C3)cc1NCc1c(F)ccc(F)c1F. The number of amides is 2. The van der Waals surface area contributed by atoms with Crippen LogP contribution in [0.2, 0.25) is 0 Å². The number of benzene rings is 2. The van der Waals surface area contributed by atoms with E-state index in [1.165, 1.54) is 17.2 Å². The van der Waals surface area contributed by atoms with Gasteiger partial charge in [-0.2, -0.15) is 0 Å². The number of rotatable bonds is 6. The number of anilines is 3. The van der Waals surface area contributed by atoms with Gasteiger partial charge < -0.3 is 26.4 Å². The summed E-state index contributed by atoms with van der Waals surface area (Å²) in [5, 5.41) is 15.0. The number of carboxylic acid groups (broad SMARTS) is 1. The van der Waals surface area contributed by atoms with Crippen molar-refractivity contribution in [2.75, 3.05) is 17.2 Å². The van der Waals surface area contributed by atoms with Crippen molar-refractivity contribution in [1.82, 2.24) is 9.88 Å². The molecule has 1 aliphatic heterocycles. The quantitative estimate of drug-likeness (QED) is 0.404. The molecule has 11 heteroatoms. The molecule has 0 spiro atoms. The third-order valence-electron chi connectivity index (χ3n) is 5.53. The van der Waals surface area contributed by atoms with Gasteiger partial charge in [0.25, 0.3) is 5.91 Å². The Bertz CT molecular complexity index is 1280. The van der Waals surface area contributed by atoms with Crippen LogP contribution >= 0.6 is 0 Å². The zero-order valence-electron chi connectivity index (χ0n) is 17.7. The Morgan fingerprint density at radius 1 is 1.09 bits per heavy atom. The average molecular weight is 471 g/mol. The number of primary amides is 1. The Morgan fingerprint density at radius 2 is 1.85 bits per heavy atom. The molecule has 3 aromatic rings. The number of fused-ring (bicyclic) bond motifs is 1. The molecule has 0 aliphatic carbocycles. The molecule has 1 aliphatic rings. The molecule has 8 nitrogen and oxygen atoms in total. The van der Waals surface area contributed by atoms with Crippen LogP contribution < -0.4 is 16.4 Å². The highest BCUT2D eigenvalue weighted by Crippen LogP contribution is 2.27. The number of carbonyl (C=O) groups is 2. The van der Waals surface area contributed by atoms with Crippen LogP contribution in [0.1, 0.15) is 27.0 Å². The molecule has 0 saturated heterocycles. The number of hydrogen-bond acceptors (Lipinski definition) is 5. The minimum Gasteiger partial charge on any atom is -0.465 e. The standard InChI is InChI=1S/C23H20F3N5O3/c24-17-3-4-18(25)21(26)15(17)9-28-19-8-20(29-10-16(19)22(27)32)30-14-2-1-13-11-31(23(33)34)6-5-12(13)7-14/h1-4,7-8,10H,5-6,9,11H2,(H2,27,32)(H,33,34)(H2,28,29,30). The lowest BCUT2D eigenvalue weighted by Crippen LogP contribution is -2.34. The lowest BCUT2D eigenvalue weighted by Gasteiger charge is -2.26. The van der Waals surface area contributed by atoms with Crippen molar-refractivity contribution in [2.45, 2.75) is 19.5 Å². The summed E-state index contributed by atoms with van der Waals surface area (Å²) in [5.74, 6) is -3.94. The van der Waals surface area contributed by atoms with E-state index in [0.717, 1.165) is 17.2 Å². The van der Waals surface area contributed by atoms with Crippen molar-refractivity contribution in [1.29, 1.82) is 0 Å². The fourth-order valence-corrected chi connectivity index (χ4v) is 3.72. The van der Waals surface area contributed by atoms with Gasteiger partial charge in [-0.3, -0.25) is 4.79 Å². The second-order valence-electron chi connectivity index (χ2n) is 7.72. The molecular weight excluding hydrogens is 451 g/mol. The highest BCUT2D eigenvalue weighted by molar-refractivity contribution is 5.98. The van der Waals surface area contributed by atoms with Crippen LogP contribution in [0.3, 0.4) is 0 Å². The normalized spacial score (nSPS) is 12.7. The Balaban J connectivity index is 1.55. The number of aromatic nitrogens is 1. The van der Waals surface area contributed by atoms with Crippen molar-refractivity contribution in [3.05, 3.63) is 82.3 Å². The maximum absolute atomic E-state index is 14.0. The van der Waals surface area contributed by atoms with E-state index in [4.69, 9.17) is 10.8 Å². The monoisotopic (exact) mass is 471 g/mol. The van der Waals surface area contributed by atoms with Crippen LogP contribution in [-0.4, -0.2) is 33.5 Å². The van der Waals surface area contributed by atoms with Crippen molar-refractivity contribution in [2.24, 2.45) is 5.73 Å². The second kappa shape index (κ2) is 9.30. The van der Waals surface area contributed by atoms with Gasteiger partial charge in [-0.15, -0.1) is 0 Å². The predicted molar refractivity (Wildman–Crippen MR) is 118 cm³/mol. The number of nitrogens with zero attached hydrogens (tertiary/aromatic N) is 2. The highest BCUT2D eigenvalue weighted by Gasteiger charge is 2.20. The number of halogens is 3. The van der Waals surface area contributed by atoms with Crippen LogP contribution in [0, 0.1) is 17.5 Å². The molecule has 0 bridgehead atoms. The van der Waals surface area contributed by atoms with Gasteiger partial charge in [0.2, 0.25) is 0 Å². The number of nitrogens with two attached hydrogens (primary N) is 1. The maximum Gasteiger partial charge on any atom is 0.407 e. The number of carbonyl (C=O) groups excluding carboxylic acids is 1. The number of pyridine rings is 1. The predicted octanol–water partition coefficient (Wildman–Crippen LogP) is 3.99. The molecule has 34 heavy (non-hydrogen) atoms. The van der Waals surface area contributed by atoms with E-state index in [-0.39, 0.29) is 11.3 Å². The molecule has 0 radical (unpaired) electrons. The summed E-state index contributed by atoms with van der Waals surface area (Å²) < 4.78 is 41.4. The Morgan fingerprint density at radius 3 is 2.59 bits per heavy atom. The van der Waals surface area contributed by atoms with Gasteiger partial charge in [-0.05, 0) is 41.8 Å². The van der Waals surface area contributed by atoms with Gasteiger partial charge in [-0.1, -0.05) is 6.07 Å². The smallest absolute Gasteiger partial charge is 0.407 e. The average Bonchev–Trinajstić information content (AvgIpc) is 2.81. The molecule has 1 aromatic heterocycles. The third kappa shape index (κ3) is 4.72. The summed E-state index contributed by atoms with van der Waals surface area (Å²) in [4.78, 5) is 28.5. The van der Waals surface area contributed by atoms with Crippen molar-refractivity contribution in [3.63, 3.8) is 0 Å². The van der Waals surface area contributed by atoms with E-state index < -0.39 is 41.6 Å². The summed E-state index contributed by atoms with van der Waals surface area (Å²) >= 11 is 0. The van der Waals surface area contributed by atoms with Gasteiger partial charge in [0.15, 0.2) is 11.6 Å². The van der Waals surface area contributed by atoms with Crippen molar-refractivity contribution >= 4 is 29.2 Å². The van der Waals surface area contributed by atoms with Crippen LogP contribution in [0.25, 0.3) is 0 Å². The molecular formula is C23H20F3N5O3. The Labute approximate surface area is 192 Å². The Kier molecular flexibility index (Phi) is 6.26. The van der Waals surface area contributed by atoms with Gasteiger partial charge in [0.1, 0.15) is 11.6 Å². The summed E-state index contributed by atoms with van der Waals surface area (Å²) in [5.41, 5.74) is 7.58. The molecule has 0 unspecified atom stereocenters. The maximum atomic E-state index is 14.0. The minimum atomic E-state index is -1.32. The zero-order valence-corrected chi connectivity index (χ0v) is 17.7. The lowest BCUT2D eigenvalue weighted by molar-refractivity contribution is 0.100. The van der Waals surface area contributed by atoms with E-state index in [0.29, 0.717) is 37.1 Å². The third-order valence-corrected chi connectivity index (χ3v) is 5.53. The van der Waals surface area contributed by atoms with Gasteiger partial charge in [0.05, 0.1) is 11.3 Å². The van der Waals surface area contributed by atoms with Gasteiger partial charge in [-0.25, -0.2) is 22.9 Å². The largest absolute Gasteiger partial charge is 0.465 e. The van der Waals surface area contributed by atoms with Crippen LogP contribution in [0.15, 0.2) is 42.6 Å². The first-order chi connectivity index (χ1) is 16.2. The van der Waals surface area contributed by atoms with Gasteiger partial charge >= 0.3 is 6.09 Å². The van der Waals surface area contributed by atoms with E-state index in [2.05, 4.69) is 15.6 Å². The molecule has 2 amide bonds. The first-order valence-corrected chi connectivity index (χ1v) is 10.3. The molecule has 0 fully saturated rings. The Hall–Kier alpha value is -4.28. The first-order valence-electron chi connectivity index (χ1n) is 10.3. The summed E-state index contributed by atoms with van der Waals surface area (Å²) in [6, 6.07) is 8.41. The fourth-order valence-electron chi connectivity index (χ4n) is 3.72. The van der Waals surface area contributed by atoms with Crippen LogP contribution in [0.4, 0.5) is 35.2 Å². The molecule has 2 aromatic carbocycles. The number of nitrogens with one attached hydrogen (secondary N) is 2. The van der Waals surface area contributed by atoms with E-state index in [1.807, 2.05) is 12.1 Å². The molecule has 0 atom stereocenters. The van der Waals surface area contributed by atoms with Crippen LogP contribution in [0.5, 0.6) is 0 Å². The summed E-state index contributed by atoms with van der Waals surface area (Å²) in [6.45, 7) is 0.258. The minimum absolute atomic E-state index is 0.0121. The van der Waals surface area contributed by atoms with Crippen molar-refractivity contribution < 1.29 is 27.9 Å². The molecule has 2 heterocycles. The molecule has 176 valence electrons. The summed E-state index contributed by atoms with van der Waals surface area (Å²) in [7, 11) is 0. The van der Waals surface area contributed by atoms with Gasteiger partial charge in [0, 0.05) is 43.1 Å². The van der Waals surface area contributed by atoms with E-state index >= 15 is 0 Å². The number of hydrogen-bond donors (Lipinski definition) is 4. The molecule has 4 rings (SSSR count). The van der Waals surface area contributed by atoms with Crippen molar-refractivity contribution in [3.8, 4) is 0 Å². The fraction of sp³-hybridized carbons (Fsp3) is 0.174. The first kappa shape index (κ1) is 22.9. The van der Waals surface area contributed by atoms with Crippen LogP contribution in [-0.2, 0) is 19.5 Å². The molecule has 5 N–H and O–H groups in total. The van der Waals surface area contributed by atoms with E-state index in [9.17, 15) is 22.8 Å². The topological polar surface area (TPSA) is 121 Å². The second-order valence-corrected chi connectivity index (χ2v) is 7.72. The van der Waals surface area contributed by atoms with E-state index in [1.54, 1.807) is 6.07 Å². The summed E-state index contributed by atoms with van der Waals surface area (Å²) in [6.07, 6.45) is 0.807. The molecule has 0 saturated carbocycles. The lowest BCUT2D eigenvalue weighted by atomic mass is 9.99. The highest BCUT2D eigenvalue weighted by atomic mass is 19.2.